The van der Waals surface area contributed by atoms with Gasteiger partial charge in [0.1, 0.15) is 0 Å². The Bertz CT molecular complexity index is 805. The van der Waals surface area contributed by atoms with E-state index in [0.29, 0.717) is 0 Å². The molecule has 0 aliphatic carbocycles. The largest absolute Gasteiger partial charge is 0.395 e. The fraction of sp³-hybridized carbons (Fsp3) is 0.588. The first kappa shape index (κ1) is 20.3. The van der Waals surface area contributed by atoms with Crippen molar-refractivity contribution in [2.75, 3.05) is 0 Å². The average Bonchev–Trinajstić information content (AvgIpc) is 2.94. The Morgan fingerprint density at radius 3 is 1.96 bits per heavy atom. The van der Waals surface area contributed by atoms with Gasteiger partial charge in [0.05, 0.1) is 15.7 Å². The number of rotatable bonds is 5. The normalized spacial score (nSPS) is 21.7. The van der Waals surface area contributed by atoms with Gasteiger partial charge in [-0.2, -0.15) is 4.99 Å². The zero-order valence-corrected chi connectivity index (χ0v) is 16.8. The predicted octanol–water partition coefficient (Wildman–Crippen LogP) is 2.75. The van der Waals surface area contributed by atoms with Gasteiger partial charge in [-0.15, -0.1) is 5.01 Å². The molecule has 0 spiro atoms. The summed E-state index contributed by atoms with van der Waals surface area (Å²) in [4.78, 5) is 15.9. The second-order valence-electron chi connectivity index (χ2n) is 7.19. The predicted molar refractivity (Wildman–Crippen MR) is 99.6 cm³/mol. The number of hydrogen-bond donors (Lipinski definition) is 0. The lowest BCUT2D eigenvalue weighted by molar-refractivity contribution is -0.618. The monoisotopic (exact) mass is 382 g/mol. The third-order valence-corrected chi connectivity index (χ3v) is 5.99. The molecule has 144 valence electrons. The molecule has 0 aromatic heterocycles. The number of amidine groups is 1. The Labute approximate surface area is 154 Å². The summed E-state index contributed by atoms with van der Waals surface area (Å²) in [6.45, 7) is 10.5. The van der Waals surface area contributed by atoms with Crippen molar-refractivity contribution < 1.29 is 13.3 Å². The molecule has 1 aliphatic heterocycles. The molecule has 2 rings (SSSR count). The number of sulfone groups is 1. The molecule has 1 heterocycles. The zero-order chi connectivity index (χ0) is 19.9. The Morgan fingerprint density at radius 1 is 1.04 bits per heavy atom. The van der Waals surface area contributed by atoms with E-state index in [4.69, 9.17) is 0 Å². The van der Waals surface area contributed by atoms with E-state index in [2.05, 4.69) is 4.99 Å². The van der Waals surface area contributed by atoms with Crippen molar-refractivity contribution in [3.63, 3.8) is 0 Å². The maximum Gasteiger partial charge on any atom is 0.395 e. The van der Waals surface area contributed by atoms with Crippen LogP contribution in [0.4, 0.5) is 0 Å². The van der Waals surface area contributed by atoms with Crippen molar-refractivity contribution in [1.29, 1.82) is 0 Å². The SMILES string of the molecule is CC(C)N1C(S(=O)(=O)c2ccccc2)=NC(C(C)C)([N+](=O)[O-])N1C(C)C. The van der Waals surface area contributed by atoms with E-state index < -0.39 is 26.5 Å². The van der Waals surface area contributed by atoms with Gasteiger partial charge in [0.15, 0.2) is 0 Å². The van der Waals surface area contributed by atoms with Gasteiger partial charge in [-0.3, -0.25) is 15.1 Å². The fourth-order valence-corrected chi connectivity index (χ4v) is 4.74. The first-order valence-electron chi connectivity index (χ1n) is 8.60. The van der Waals surface area contributed by atoms with Crippen LogP contribution in [-0.4, -0.2) is 46.4 Å². The Balaban J connectivity index is 2.79. The van der Waals surface area contributed by atoms with Crippen molar-refractivity contribution in [3.05, 3.63) is 40.4 Å². The zero-order valence-electron chi connectivity index (χ0n) is 15.9. The van der Waals surface area contributed by atoms with E-state index in [0.717, 1.165) is 0 Å². The molecule has 0 saturated carbocycles. The van der Waals surface area contributed by atoms with E-state index >= 15 is 0 Å². The first-order chi connectivity index (χ1) is 12.0. The third-order valence-electron chi connectivity index (χ3n) is 4.34. The molecule has 0 fully saturated rings. The minimum absolute atomic E-state index is 0.0658. The maximum absolute atomic E-state index is 13.2. The Hall–Kier alpha value is -2.00. The van der Waals surface area contributed by atoms with E-state index in [9.17, 15) is 18.5 Å². The molecular weight excluding hydrogens is 356 g/mol. The molecule has 1 aromatic rings. The number of benzene rings is 1. The summed E-state index contributed by atoms with van der Waals surface area (Å²) in [6.07, 6.45) is 0. The lowest BCUT2D eigenvalue weighted by Crippen LogP contribution is -2.63. The Morgan fingerprint density at radius 2 is 1.58 bits per heavy atom. The van der Waals surface area contributed by atoms with Crippen LogP contribution in [-0.2, 0) is 9.84 Å². The highest BCUT2D eigenvalue weighted by molar-refractivity contribution is 8.06. The molecule has 0 radical (unpaired) electrons. The van der Waals surface area contributed by atoms with Crippen molar-refractivity contribution >= 4 is 15.0 Å². The van der Waals surface area contributed by atoms with Gasteiger partial charge >= 0.3 is 5.79 Å². The van der Waals surface area contributed by atoms with E-state index in [-0.39, 0.29) is 22.1 Å². The topological polar surface area (TPSA) is 96.1 Å². The molecule has 8 nitrogen and oxygen atoms in total. The molecule has 0 N–H and O–H groups in total. The highest BCUT2D eigenvalue weighted by Crippen LogP contribution is 2.39. The van der Waals surface area contributed by atoms with Crippen LogP contribution in [0, 0.1) is 16.0 Å². The second-order valence-corrected chi connectivity index (χ2v) is 9.03. The van der Waals surface area contributed by atoms with Crippen molar-refractivity contribution in [3.8, 4) is 0 Å². The van der Waals surface area contributed by atoms with Gasteiger partial charge < -0.3 is 0 Å². The van der Waals surface area contributed by atoms with Crippen LogP contribution < -0.4 is 0 Å². The lowest BCUT2D eigenvalue weighted by atomic mass is 10.0. The minimum atomic E-state index is -4.01. The second kappa shape index (κ2) is 6.96. The van der Waals surface area contributed by atoms with Crippen LogP contribution >= 0.6 is 0 Å². The van der Waals surface area contributed by atoms with Crippen LogP contribution in [0.5, 0.6) is 0 Å². The lowest BCUT2D eigenvalue weighted by Gasteiger charge is -2.41. The van der Waals surface area contributed by atoms with Crippen LogP contribution in [0.3, 0.4) is 0 Å². The van der Waals surface area contributed by atoms with Gasteiger partial charge in [-0.05, 0) is 39.8 Å². The number of nitro groups is 1. The molecule has 1 aliphatic rings. The number of nitrogens with zero attached hydrogens (tertiary/aromatic N) is 4. The highest BCUT2D eigenvalue weighted by atomic mass is 32.2. The molecule has 1 aromatic carbocycles. The molecule has 26 heavy (non-hydrogen) atoms. The number of hydrazine groups is 1. The minimum Gasteiger partial charge on any atom is -0.269 e. The third kappa shape index (κ3) is 2.99. The van der Waals surface area contributed by atoms with Crippen LogP contribution in [0.2, 0.25) is 0 Å². The summed E-state index contributed by atoms with van der Waals surface area (Å²) < 4.78 is 26.5. The van der Waals surface area contributed by atoms with Crippen molar-refractivity contribution in [1.82, 2.24) is 10.0 Å². The summed E-state index contributed by atoms with van der Waals surface area (Å²) in [7, 11) is -4.01. The summed E-state index contributed by atoms with van der Waals surface area (Å²) in [5.41, 5.74) is 0. The summed E-state index contributed by atoms with van der Waals surface area (Å²) in [5, 5.41) is 14.8. The van der Waals surface area contributed by atoms with E-state index in [1.165, 1.54) is 22.2 Å². The van der Waals surface area contributed by atoms with Crippen molar-refractivity contribution in [2.24, 2.45) is 10.9 Å². The number of hydrogen-bond acceptors (Lipinski definition) is 7. The molecule has 0 saturated heterocycles. The van der Waals surface area contributed by atoms with Gasteiger partial charge in [0, 0.05) is 12.1 Å². The molecule has 0 amide bonds. The quantitative estimate of drug-likeness (QED) is 0.574. The van der Waals surface area contributed by atoms with Crippen LogP contribution in [0.1, 0.15) is 41.5 Å². The first-order valence-corrected chi connectivity index (χ1v) is 10.1. The van der Waals surface area contributed by atoms with Gasteiger partial charge in [0.2, 0.25) is 15.0 Å². The molecular formula is C17H26N4O4S. The summed E-state index contributed by atoms with van der Waals surface area (Å²) in [6, 6.07) is 7.24. The summed E-state index contributed by atoms with van der Waals surface area (Å²) >= 11 is 0. The molecule has 1 unspecified atom stereocenters. The standard InChI is InChI=1S/C17H26N4O4S/c1-12(2)17(21(22)23)18-16(19(13(3)4)20(17)14(5)6)26(24,25)15-10-8-7-9-11-15/h7-14H,1-6H3. The molecule has 1 atom stereocenters. The molecule has 9 heteroatoms. The van der Waals surface area contributed by atoms with Crippen LogP contribution in [0.25, 0.3) is 0 Å². The smallest absolute Gasteiger partial charge is 0.269 e. The van der Waals surface area contributed by atoms with E-state index in [1.807, 2.05) is 0 Å². The van der Waals surface area contributed by atoms with Crippen molar-refractivity contribution in [2.45, 2.75) is 64.3 Å². The summed E-state index contributed by atoms with van der Waals surface area (Å²) in [5.74, 6) is -2.40. The maximum atomic E-state index is 13.2. The van der Waals surface area contributed by atoms with Gasteiger partial charge in [-0.1, -0.05) is 32.0 Å². The molecule has 0 bridgehead atoms. The van der Waals surface area contributed by atoms with Gasteiger partial charge in [-0.25, -0.2) is 8.42 Å². The van der Waals surface area contributed by atoms with Crippen LogP contribution in [0.15, 0.2) is 40.2 Å². The van der Waals surface area contributed by atoms with E-state index in [1.54, 1.807) is 59.7 Å². The average molecular weight is 382 g/mol. The number of aliphatic imine (C=N–C) groups is 1. The highest BCUT2D eigenvalue weighted by Gasteiger charge is 2.63. The fourth-order valence-electron chi connectivity index (χ4n) is 3.21. The Kier molecular flexibility index (Phi) is 5.44. The van der Waals surface area contributed by atoms with Gasteiger partial charge in [0.25, 0.3) is 0 Å².